The molecule has 286 valence electrons. The van der Waals surface area contributed by atoms with E-state index in [-0.39, 0.29) is 0 Å². The largest absolute Gasteiger partial charge is 0.456 e. The lowest BCUT2D eigenvalue weighted by molar-refractivity contribution is 0.669. The predicted octanol–water partition coefficient (Wildman–Crippen LogP) is 15.6. The molecule has 1 aliphatic rings. The van der Waals surface area contributed by atoms with Gasteiger partial charge in [-0.15, -0.1) is 0 Å². The van der Waals surface area contributed by atoms with Crippen molar-refractivity contribution in [3.8, 4) is 61.7 Å². The Bertz CT molecular complexity index is 4030. The first-order valence-electron chi connectivity index (χ1n) is 21.1. The molecule has 0 aliphatic heterocycles. The molecular formula is C58H33N3O. The molecule has 0 unspecified atom stereocenters. The fourth-order valence-corrected chi connectivity index (χ4v) is 10.3. The molecule has 0 spiro atoms. The highest BCUT2D eigenvalue weighted by Gasteiger charge is 2.27. The van der Waals surface area contributed by atoms with Gasteiger partial charge < -0.3 is 4.42 Å². The Hall–Kier alpha value is -8.34. The van der Waals surface area contributed by atoms with Crippen molar-refractivity contribution < 1.29 is 4.42 Å². The summed E-state index contributed by atoms with van der Waals surface area (Å²) in [6.45, 7) is 0. The fourth-order valence-electron chi connectivity index (χ4n) is 10.3. The van der Waals surface area contributed by atoms with Crippen molar-refractivity contribution in [3.63, 3.8) is 0 Å². The van der Waals surface area contributed by atoms with E-state index in [1.54, 1.807) is 0 Å². The Morgan fingerprint density at radius 2 is 0.984 bits per heavy atom. The van der Waals surface area contributed by atoms with Crippen LogP contribution in [-0.4, -0.2) is 14.5 Å². The van der Waals surface area contributed by atoms with E-state index in [1.807, 2.05) is 12.1 Å². The van der Waals surface area contributed by atoms with E-state index in [9.17, 15) is 0 Å². The van der Waals surface area contributed by atoms with Gasteiger partial charge in [-0.2, -0.15) is 0 Å². The summed E-state index contributed by atoms with van der Waals surface area (Å²) < 4.78 is 8.54. The molecular weight excluding hydrogens is 755 g/mol. The number of hydrogen-bond acceptors (Lipinski definition) is 3. The Morgan fingerprint density at radius 3 is 1.85 bits per heavy atom. The molecule has 1 aliphatic carbocycles. The molecule has 13 aromatic rings. The maximum Gasteiger partial charge on any atom is 0.235 e. The number of benzene rings is 10. The van der Waals surface area contributed by atoms with Crippen LogP contribution < -0.4 is 0 Å². The maximum atomic E-state index is 6.23. The van der Waals surface area contributed by atoms with E-state index in [2.05, 4.69) is 193 Å². The van der Waals surface area contributed by atoms with Crippen molar-refractivity contribution in [3.05, 3.63) is 200 Å². The number of fused-ring (bicyclic) bond motifs is 13. The van der Waals surface area contributed by atoms with Gasteiger partial charge in [0, 0.05) is 32.5 Å². The number of furan rings is 1. The zero-order valence-electron chi connectivity index (χ0n) is 33.3. The molecule has 3 aromatic heterocycles. The summed E-state index contributed by atoms with van der Waals surface area (Å²) in [4.78, 5) is 11.1. The second kappa shape index (κ2) is 12.6. The molecule has 10 aromatic carbocycles. The van der Waals surface area contributed by atoms with Crippen LogP contribution in [-0.2, 0) is 0 Å². The molecule has 4 nitrogen and oxygen atoms in total. The maximum absolute atomic E-state index is 6.23. The summed E-state index contributed by atoms with van der Waals surface area (Å²) in [5.74, 6) is 0.642. The van der Waals surface area contributed by atoms with E-state index >= 15 is 0 Å². The summed E-state index contributed by atoms with van der Waals surface area (Å²) in [5.41, 5.74) is 16.5. The van der Waals surface area contributed by atoms with Gasteiger partial charge in [-0.05, 0) is 109 Å². The number of hydrogen-bond donors (Lipinski definition) is 0. The summed E-state index contributed by atoms with van der Waals surface area (Å²) in [6, 6.07) is 71.9. The first kappa shape index (κ1) is 33.5. The van der Waals surface area contributed by atoms with Crippen LogP contribution in [0.1, 0.15) is 0 Å². The lowest BCUT2D eigenvalue weighted by atomic mass is 9.96. The Balaban J connectivity index is 1.07. The highest BCUT2D eigenvalue weighted by Crippen LogP contribution is 2.51. The van der Waals surface area contributed by atoms with Crippen LogP contribution in [0.2, 0.25) is 0 Å². The van der Waals surface area contributed by atoms with Gasteiger partial charge in [0.1, 0.15) is 11.2 Å². The number of nitrogens with zero attached hydrogens (tertiary/aromatic N) is 3. The van der Waals surface area contributed by atoms with E-state index in [1.165, 1.54) is 49.5 Å². The van der Waals surface area contributed by atoms with Gasteiger partial charge >= 0.3 is 0 Å². The molecule has 0 radical (unpaired) electrons. The van der Waals surface area contributed by atoms with Crippen molar-refractivity contribution in [1.82, 2.24) is 14.5 Å². The highest BCUT2D eigenvalue weighted by atomic mass is 16.3. The van der Waals surface area contributed by atoms with Crippen molar-refractivity contribution in [1.29, 1.82) is 0 Å². The molecule has 4 heteroatoms. The summed E-state index contributed by atoms with van der Waals surface area (Å²) in [5, 5.41) is 10.5. The molecule has 0 atom stereocenters. The standard InChI is InChI=1S/C58H33N3O/c1-2-11-34(12-3-1)35-21-23-37(24-22-35)57-56-40-14-5-4-13-36(40)25-28-49(56)59-58(60-57)61-50-29-26-38(39-27-30-53-46(31-39)43-17-8-9-20-52(43)62-53)32-48(50)55-45-19-10-18-44-41-15-6-7-16-42(41)47(54(44)45)33-51(55)61/h1-33H. The minimum absolute atomic E-state index is 0.642. The highest BCUT2D eigenvalue weighted by molar-refractivity contribution is 6.29. The first-order valence-corrected chi connectivity index (χ1v) is 21.1. The fraction of sp³-hybridized carbons (Fsp3) is 0. The quantitative estimate of drug-likeness (QED) is 0.167. The van der Waals surface area contributed by atoms with E-state index in [0.29, 0.717) is 5.95 Å². The Labute approximate surface area is 355 Å². The minimum Gasteiger partial charge on any atom is -0.456 e. The molecule has 0 fully saturated rings. The predicted molar refractivity (Wildman–Crippen MR) is 257 cm³/mol. The third kappa shape index (κ3) is 4.72. The molecule has 0 amide bonds. The van der Waals surface area contributed by atoms with E-state index in [0.717, 1.165) is 82.4 Å². The first-order chi connectivity index (χ1) is 30.7. The van der Waals surface area contributed by atoms with Crippen molar-refractivity contribution in [2.24, 2.45) is 0 Å². The normalized spacial score (nSPS) is 12.2. The second-order valence-electron chi connectivity index (χ2n) is 16.5. The average Bonchev–Trinajstić information content (AvgIpc) is 3.99. The topological polar surface area (TPSA) is 43.9 Å². The summed E-state index contributed by atoms with van der Waals surface area (Å²) >= 11 is 0. The van der Waals surface area contributed by atoms with Gasteiger partial charge in [0.15, 0.2) is 0 Å². The van der Waals surface area contributed by atoms with Gasteiger partial charge in [-0.3, -0.25) is 4.57 Å². The zero-order chi connectivity index (χ0) is 40.5. The van der Waals surface area contributed by atoms with Crippen molar-refractivity contribution in [2.45, 2.75) is 0 Å². The molecule has 0 saturated carbocycles. The molecule has 14 rings (SSSR count). The summed E-state index contributed by atoms with van der Waals surface area (Å²) in [7, 11) is 0. The van der Waals surface area contributed by atoms with E-state index in [4.69, 9.17) is 14.4 Å². The van der Waals surface area contributed by atoms with Gasteiger partial charge in [0.2, 0.25) is 5.95 Å². The monoisotopic (exact) mass is 787 g/mol. The second-order valence-corrected chi connectivity index (χ2v) is 16.5. The van der Waals surface area contributed by atoms with Gasteiger partial charge in [-0.25, -0.2) is 9.97 Å². The number of para-hydroxylation sites is 1. The Morgan fingerprint density at radius 1 is 0.339 bits per heavy atom. The van der Waals surface area contributed by atoms with Crippen molar-refractivity contribution >= 4 is 76.2 Å². The lowest BCUT2D eigenvalue weighted by Crippen LogP contribution is -2.04. The SMILES string of the molecule is c1ccc(-c2ccc(-c3nc(-n4c5ccc(-c6ccc7oc8ccccc8c7c6)cc5c5c6cccc7c6c(cc54)-c4ccccc4-7)nc4ccc5ccccc5c34)cc2)cc1. The van der Waals surface area contributed by atoms with Gasteiger partial charge in [0.05, 0.1) is 22.2 Å². The molecule has 62 heavy (non-hydrogen) atoms. The van der Waals surface area contributed by atoms with E-state index < -0.39 is 0 Å². The van der Waals surface area contributed by atoms with Crippen LogP contribution in [0.4, 0.5) is 0 Å². The smallest absolute Gasteiger partial charge is 0.235 e. The van der Waals surface area contributed by atoms with Gasteiger partial charge in [-0.1, -0.05) is 158 Å². The molecule has 0 N–H and O–H groups in total. The Kier molecular flexibility index (Phi) is 6.80. The van der Waals surface area contributed by atoms with Crippen LogP contribution in [0.5, 0.6) is 0 Å². The molecule has 0 bridgehead atoms. The summed E-state index contributed by atoms with van der Waals surface area (Å²) in [6.07, 6.45) is 0. The van der Waals surface area contributed by atoms with Crippen LogP contribution in [0, 0.1) is 0 Å². The van der Waals surface area contributed by atoms with Crippen LogP contribution in [0.15, 0.2) is 205 Å². The third-order valence-electron chi connectivity index (χ3n) is 13.1. The zero-order valence-corrected chi connectivity index (χ0v) is 33.3. The third-order valence-corrected chi connectivity index (χ3v) is 13.1. The van der Waals surface area contributed by atoms with Crippen LogP contribution in [0.25, 0.3) is 138 Å². The number of rotatable bonds is 4. The lowest BCUT2D eigenvalue weighted by Gasteiger charge is -2.14. The van der Waals surface area contributed by atoms with Crippen LogP contribution in [0.3, 0.4) is 0 Å². The molecule has 0 saturated heterocycles. The van der Waals surface area contributed by atoms with Gasteiger partial charge in [0.25, 0.3) is 0 Å². The van der Waals surface area contributed by atoms with Crippen LogP contribution >= 0.6 is 0 Å². The number of aromatic nitrogens is 3. The van der Waals surface area contributed by atoms with Crippen molar-refractivity contribution in [2.75, 3.05) is 0 Å². The average molecular weight is 788 g/mol. The minimum atomic E-state index is 0.642. The molecule has 3 heterocycles.